The van der Waals surface area contributed by atoms with Gasteiger partial charge in [0, 0.05) is 33.7 Å². The summed E-state index contributed by atoms with van der Waals surface area (Å²) in [5.41, 5.74) is 1.25. The number of piperidine rings is 1. The van der Waals surface area contributed by atoms with Gasteiger partial charge in [-0.2, -0.15) is 0 Å². The zero-order valence-electron chi connectivity index (χ0n) is 16.0. The first kappa shape index (κ1) is 22.0. The number of rotatable bonds is 6. The van der Waals surface area contributed by atoms with Crippen LogP contribution in [0, 0.1) is 5.92 Å². The second-order valence-electron chi connectivity index (χ2n) is 6.53. The Morgan fingerprint density at radius 1 is 1.36 bits per heavy atom. The molecule has 1 N–H and O–H groups in total. The lowest BCUT2D eigenvalue weighted by atomic mass is 9.98. The molecular weight excluding hydrogens is 427 g/mol. The largest absolute Gasteiger partial charge is 0.497 e. The van der Waals surface area contributed by atoms with Crippen LogP contribution in [0.15, 0.2) is 29.3 Å². The molecule has 0 aliphatic carbocycles. The van der Waals surface area contributed by atoms with Crippen LogP contribution in [-0.4, -0.2) is 63.1 Å². The lowest BCUT2D eigenvalue weighted by Gasteiger charge is -2.33. The minimum Gasteiger partial charge on any atom is -0.497 e. The Morgan fingerprint density at radius 2 is 2.08 bits per heavy atom. The first-order valence-electron chi connectivity index (χ1n) is 8.93. The molecule has 0 spiro atoms. The number of ether oxygens (including phenoxy) is 1. The summed E-state index contributed by atoms with van der Waals surface area (Å²) in [6.45, 7) is 7.67. The standard InChI is InChI=1S/C19H32N4O.HI/c1-5-23-12-6-7-17(15-23)13-21-19(20-2)22(3)14-16-8-10-18(24-4)11-9-16;/h8-11,17H,5-7,12-15H2,1-4H3,(H,20,21);1H. The summed E-state index contributed by atoms with van der Waals surface area (Å²) < 4.78 is 5.21. The Bertz CT molecular complexity index is 521. The molecule has 0 amide bonds. The van der Waals surface area contributed by atoms with Crippen LogP contribution in [0.1, 0.15) is 25.3 Å². The maximum Gasteiger partial charge on any atom is 0.193 e. The van der Waals surface area contributed by atoms with Gasteiger partial charge in [0.2, 0.25) is 0 Å². The summed E-state index contributed by atoms with van der Waals surface area (Å²) in [5, 5.41) is 3.55. The van der Waals surface area contributed by atoms with Crippen molar-refractivity contribution in [3.63, 3.8) is 0 Å². The van der Waals surface area contributed by atoms with Gasteiger partial charge in [-0.05, 0) is 49.5 Å². The van der Waals surface area contributed by atoms with E-state index in [9.17, 15) is 0 Å². The third kappa shape index (κ3) is 7.01. The van der Waals surface area contributed by atoms with Gasteiger partial charge in [0.05, 0.1) is 7.11 Å². The number of likely N-dealkylation sites (tertiary alicyclic amines) is 1. The van der Waals surface area contributed by atoms with E-state index in [1.54, 1.807) is 7.11 Å². The van der Waals surface area contributed by atoms with Gasteiger partial charge in [-0.15, -0.1) is 24.0 Å². The molecule has 1 saturated heterocycles. The molecule has 1 aromatic rings. The second-order valence-corrected chi connectivity index (χ2v) is 6.53. The molecule has 1 aliphatic heterocycles. The van der Waals surface area contributed by atoms with Gasteiger partial charge >= 0.3 is 0 Å². The molecule has 6 heteroatoms. The number of nitrogens with zero attached hydrogens (tertiary/aromatic N) is 3. The lowest BCUT2D eigenvalue weighted by Crippen LogP contribution is -2.44. The van der Waals surface area contributed by atoms with Crippen molar-refractivity contribution < 1.29 is 4.74 Å². The Labute approximate surface area is 169 Å². The highest BCUT2D eigenvalue weighted by molar-refractivity contribution is 14.0. The van der Waals surface area contributed by atoms with Crippen LogP contribution in [0.5, 0.6) is 5.75 Å². The molecule has 2 rings (SSSR count). The molecule has 1 heterocycles. The van der Waals surface area contributed by atoms with Crippen LogP contribution in [0.2, 0.25) is 0 Å². The van der Waals surface area contributed by atoms with Crippen LogP contribution in [0.25, 0.3) is 0 Å². The number of methoxy groups -OCH3 is 1. The SMILES string of the molecule is CCN1CCCC(CNC(=NC)N(C)Cc2ccc(OC)cc2)C1.I. The minimum absolute atomic E-state index is 0. The second kappa shape index (κ2) is 11.6. The third-order valence-electron chi connectivity index (χ3n) is 4.75. The van der Waals surface area contributed by atoms with Crippen molar-refractivity contribution >= 4 is 29.9 Å². The predicted molar refractivity (Wildman–Crippen MR) is 116 cm³/mol. The van der Waals surface area contributed by atoms with Crippen molar-refractivity contribution in [1.29, 1.82) is 0 Å². The van der Waals surface area contributed by atoms with Gasteiger partial charge in [-0.25, -0.2) is 0 Å². The van der Waals surface area contributed by atoms with Crippen LogP contribution >= 0.6 is 24.0 Å². The van der Waals surface area contributed by atoms with Gasteiger partial charge in [0.15, 0.2) is 5.96 Å². The molecule has 0 saturated carbocycles. The molecule has 1 unspecified atom stereocenters. The Kier molecular flexibility index (Phi) is 10.2. The fourth-order valence-corrected chi connectivity index (χ4v) is 3.31. The van der Waals surface area contributed by atoms with E-state index in [2.05, 4.69) is 46.2 Å². The summed E-state index contributed by atoms with van der Waals surface area (Å²) >= 11 is 0. The van der Waals surface area contributed by atoms with Crippen LogP contribution < -0.4 is 10.1 Å². The molecular formula is C19H33IN4O. The number of hydrogen-bond acceptors (Lipinski definition) is 3. The molecule has 1 aromatic carbocycles. The molecule has 0 radical (unpaired) electrons. The predicted octanol–water partition coefficient (Wildman–Crippen LogP) is 3.05. The fraction of sp³-hybridized carbons (Fsp3) is 0.632. The molecule has 25 heavy (non-hydrogen) atoms. The van der Waals surface area contributed by atoms with Crippen molar-refractivity contribution in [2.24, 2.45) is 10.9 Å². The van der Waals surface area contributed by atoms with Gasteiger partial charge in [-0.1, -0.05) is 19.1 Å². The maximum atomic E-state index is 5.21. The fourth-order valence-electron chi connectivity index (χ4n) is 3.31. The summed E-state index contributed by atoms with van der Waals surface area (Å²) in [6.07, 6.45) is 2.61. The van der Waals surface area contributed by atoms with E-state index in [1.807, 2.05) is 19.2 Å². The van der Waals surface area contributed by atoms with Gasteiger partial charge in [0.25, 0.3) is 0 Å². The lowest BCUT2D eigenvalue weighted by molar-refractivity contribution is 0.183. The van der Waals surface area contributed by atoms with Crippen molar-refractivity contribution in [3.05, 3.63) is 29.8 Å². The molecule has 5 nitrogen and oxygen atoms in total. The number of halogens is 1. The highest BCUT2D eigenvalue weighted by Gasteiger charge is 2.19. The van der Waals surface area contributed by atoms with E-state index in [1.165, 1.54) is 31.5 Å². The summed E-state index contributed by atoms with van der Waals surface area (Å²) in [6, 6.07) is 8.20. The number of nitrogens with one attached hydrogen (secondary N) is 1. The van der Waals surface area contributed by atoms with E-state index >= 15 is 0 Å². The molecule has 1 fully saturated rings. The molecule has 142 valence electrons. The normalized spacial score (nSPS) is 18.4. The van der Waals surface area contributed by atoms with Gasteiger partial charge < -0.3 is 19.9 Å². The Morgan fingerprint density at radius 3 is 2.68 bits per heavy atom. The summed E-state index contributed by atoms with van der Waals surface area (Å²) in [4.78, 5) is 9.14. The molecule has 0 aromatic heterocycles. The highest BCUT2D eigenvalue weighted by Crippen LogP contribution is 2.16. The van der Waals surface area contributed by atoms with Crippen molar-refractivity contribution in [2.75, 3.05) is 47.4 Å². The Balaban J connectivity index is 0.00000312. The third-order valence-corrected chi connectivity index (χ3v) is 4.75. The smallest absolute Gasteiger partial charge is 0.193 e. The molecule has 0 bridgehead atoms. The maximum absolute atomic E-state index is 5.21. The first-order chi connectivity index (χ1) is 11.7. The monoisotopic (exact) mass is 460 g/mol. The zero-order valence-corrected chi connectivity index (χ0v) is 18.3. The highest BCUT2D eigenvalue weighted by atomic mass is 127. The summed E-state index contributed by atoms with van der Waals surface area (Å²) in [7, 11) is 5.63. The minimum atomic E-state index is 0. The first-order valence-corrected chi connectivity index (χ1v) is 8.93. The average Bonchev–Trinajstić information content (AvgIpc) is 2.63. The van der Waals surface area contributed by atoms with Crippen LogP contribution in [-0.2, 0) is 6.54 Å². The van der Waals surface area contributed by atoms with Crippen molar-refractivity contribution in [3.8, 4) is 5.75 Å². The molecule has 1 aliphatic rings. The van der Waals surface area contributed by atoms with E-state index in [0.717, 1.165) is 31.3 Å². The van der Waals surface area contributed by atoms with Crippen LogP contribution in [0.4, 0.5) is 0 Å². The quantitative estimate of drug-likeness (QED) is 0.403. The topological polar surface area (TPSA) is 40.1 Å². The molecule has 1 atom stereocenters. The van der Waals surface area contributed by atoms with Gasteiger partial charge in [-0.3, -0.25) is 4.99 Å². The van der Waals surface area contributed by atoms with Crippen molar-refractivity contribution in [1.82, 2.24) is 15.1 Å². The number of benzene rings is 1. The average molecular weight is 460 g/mol. The number of aliphatic imine (C=N–C) groups is 1. The Hall–Kier alpha value is -1.02. The van der Waals surface area contributed by atoms with Crippen molar-refractivity contribution in [2.45, 2.75) is 26.3 Å². The summed E-state index contributed by atoms with van der Waals surface area (Å²) in [5.74, 6) is 2.56. The van der Waals surface area contributed by atoms with Gasteiger partial charge in [0.1, 0.15) is 5.75 Å². The zero-order chi connectivity index (χ0) is 17.4. The number of guanidine groups is 1. The van der Waals surface area contributed by atoms with Crippen LogP contribution in [0.3, 0.4) is 0 Å². The van der Waals surface area contributed by atoms with E-state index in [4.69, 9.17) is 4.74 Å². The van der Waals surface area contributed by atoms with E-state index < -0.39 is 0 Å². The van der Waals surface area contributed by atoms with E-state index in [-0.39, 0.29) is 24.0 Å². The van der Waals surface area contributed by atoms with E-state index in [0.29, 0.717) is 5.92 Å². The number of hydrogen-bond donors (Lipinski definition) is 1.